The third kappa shape index (κ3) is 3.04. The smallest absolute Gasteiger partial charge is 0.313 e. The Labute approximate surface area is 140 Å². The van der Waals surface area contributed by atoms with E-state index in [1.54, 1.807) is 18.7 Å². The molecule has 0 aliphatic carbocycles. The summed E-state index contributed by atoms with van der Waals surface area (Å²) >= 11 is 1.66. The molecule has 0 N–H and O–H groups in total. The van der Waals surface area contributed by atoms with Gasteiger partial charge in [0.15, 0.2) is 5.78 Å². The van der Waals surface area contributed by atoms with Gasteiger partial charge in [0, 0.05) is 21.8 Å². The van der Waals surface area contributed by atoms with Gasteiger partial charge in [0.25, 0.3) is 0 Å². The number of carbonyl (C=O) groups excluding carboxylic acids is 2. The summed E-state index contributed by atoms with van der Waals surface area (Å²) in [5, 5.41) is 0. The molecule has 0 fully saturated rings. The molecule has 0 saturated carbocycles. The zero-order valence-electron chi connectivity index (χ0n) is 13.2. The summed E-state index contributed by atoms with van der Waals surface area (Å²) in [4.78, 5) is 25.8. The van der Waals surface area contributed by atoms with E-state index >= 15 is 0 Å². The second-order valence-electron chi connectivity index (χ2n) is 5.50. The summed E-state index contributed by atoms with van der Waals surface area (Å²) in [5.41, 5.74) is 3.29. The normalized spacial score (nSPS) is 14.4. The molecule has 118 valence electrons. The van der Waals surface area contributed by atoms with Crippen LogP contribution in [0, 0.1) is 0 Å². The Bertz CT molecular complexity index is 767. The van der Waals surface area contributed by atoms with Crippen molar-refractivity contribution in [1.82, 2.24) is 0 Å². The second kappa shape index (κ2) is 6.59. The zero-order valence-corrected chi connectivity index (χ0v) is 14.0. The van der Waals surface area contributed by atoms with Gasteiger partial charge in [0.1, 0.15) is 0 Å². The lowest BCUT2D eigenvalue weighted by atomic mass is 9.94. The molecule has 3 nitrogen and oxygen atoms in total. The monoisotopic (exact) mass is 326 g/mol. The Kier molecular flexibility index (Phi) is 4.53. The molecule has 0 amide bonds. The number of thioether (sulfide) groups is 1. The lowest BCUT2D eigenvalue weighted by molar-refractivity contribution is -0.144. The number of hydrogen-bond donors (Lipinski definition) is 0. The van der Waals surface area contributed by atoms with Gasteiger partial charge >= 0.3 is 5.97 Å². The standard InChI is InChI=1S/C19H18O3S/c1-3-22-19(21)12(2)13-8-9-17-16(10-13)18(20)15-7-5-4-6-14(15)11-23-17/h4-10,12H,3,11H2,1-2H3. The van der Waals surface area contributed by atoms with Gasteiger partial charge in [-0.15, -0.1) is 11.8 Å². The van der Waals surface area contributed by atoms with Crippen LogP contribution in [0.2, 0.25) is 0 Å². The number of esters is 1. The van der Waals surface area contributed by atoms with Crippen LogP contribution in [-0.4, -0.2) is 18.4 Å². The number of ketones is 1. The van der Waals surface area contributed by atoms with E-state index in [9.17, 15) is 9.59 Å². The summed E-state index contributed by atoms with van der Waals surface area (Å²) in [6.45, 7) is 3.96. The Hall–Kier alpha value is -2.07. The van der Waals surface area contributed by atoms with Crippen LogP contribution in [0.4, 0.5) is 0 Å². The molecule has 1 aliphatic rings. The maximum atomic E-state index is 12.9. The number of benzene rings is 2. The predicted molar refractivity (Wildman–Crippen MR) is 90.9 cm³/mol. The Balaban J connectivity index is 2.00. The van der Waals surface area contributed by atoms with Crippen molar-refractivity contribution in [2.24, 2.45) is 0 Å². The van der Waals surface area contributed by atoms with Crippen LogP contribution in [0.5, 0.6) is 0 Å². The number of rotatable bonds is 3. The van der Waals surface area contributed by atoms with Crippen LogP contribution in [-0.2, 0) is 15.3 Å². The van der Waals surface area contributed by atoms with Crippen molar-refractivity contribution in [2.45, 2.75) is 30.4 Å². The average molecular weight is 326 g/mol. The lowest BCUT2D eigenvalue weighted by Crippen LogP contribution is -2.14. The first-order valence-corrected chi connectivity index (χ1v) is 8.66. The molecule has 2 aromatic rings. The summed E-state index contributed by atoms with van der Waals surface area (Å²) < 4.78 is 5.08. The maximum Gasteiger partial charge on any atom is 0.313 e. The van der Waals surface area contributed by atoms with Gasteiger partial charge in [-0.25, -0.2) is 0 Å². The molecule has 1 aliphatic heterocycles. The van der Waals surface area contributed by atoms with E-state index in [0.717, 1.165) is 27.3 Å². The van der Waals surface area contributed by atoms with Crippen LogP contribution in [0.25, 0.3) is 0 Å². The second-order valence-corrected chi connectivity index (χ2v) is 6.52. The number of fused-ring (bicyclic) bond motifs is 2. The predicted octanol–water partition coefficient (Wildman–Crippen LogP) is 4.19. The number of hydrogen-bond acceptors (Lipinski definition) is 4. The quantitative estimate of drug-likeness (QED) is 0.793. The van der Waals surface area contributed by atoms with E-state index in [1.807, 2.05) is 49.4 Å². The minimum atomic E-state index is -0.378. The largest absolute Gasteiger partial charge is 0.466 e. The Morgan fingerprint density at radius 2 is 2.00 bits per heavy atom. The molecule has 1 unspecified atom stereocenters. The molecule has 3 rings (SSSR count). The minimum Gasteiger partial charge on any atom is -0.466 e. The van der Waals surface area contributed by atoms with Crippen LogP contribution < -0.4 is 0 Å². The molecule has 0 spiro atoms. The van der Waals surface area contributed by atoms with Gasteiger partial charge in [0.2, 0.25) is 0 Å². The minimum absolute atomic E-state index is 0.0264. The Morgan fingerprint density at radius 3 is 2.78 bits per heavy atom. The molecule has 0 saturated heterocycles. The summed E-state index contributed by atoms with van der Waals surface area (Å²) in [6, 6.07) is 13.4. The van der Waals surface area contributed by atoms with Gasteiger partial charge in [-0.05, 0) is 37.1 Å². The molecular formula is C19H18O3S. The van der Waals surface area contributed by atoms with Gasteiger partial charge in [0.05, 0.1) is 12.5 Å². The number of carbonyl (C=O) groups is 2. The van der Waals surface area contributed by atoms with Crippen molar-refractivity contribution in [1.29, 1.82) is 0 Å². The fourth-order valence-electron chi connectivity index (χ4n) is 2.69. The summed E-state index contributed by atoms with van der Waals surface area (Å²) in [5.74, 6) is 0.165. The highest BCUT2D eigenvalue weighted by Gasteiger charge is 2.24. The van der Waals surface area contributed by atoms with Crippen molar-refractivity contribution >= 4 is 23.5 Å². The molecule has 0 radical (unpaired) electrons. The third-order valence-electron chi connectivity index (χ3n) is 4.03. The topological polar surface area (TPSA) is 43.4 Å². The van der Waals surface area contributed by atoms with E-state index < -0.39 is 0 Å². The van der Waals surface area contributed by atoms with Crippen LogP contribution in [0.15, 0.2) is 47.4 Å². The summed E-state index contributed by atoms with van der Waals surface area (Å²) in [7, 11) is 0. The molecule has 2 aromatic carbocycles. The first kappa shape index (κ1) is 15.8. The first-order valence-electron chi connectivity index (χ1n) is 7.67. The zero-order chi connectivity index (χ0) is 16.4. The average Bonchev–Trinajstić information content (AvgIpc) is 2.72. The molecule has 1 atom stereocenters. The maximum absolute atomic E-state index is 12.9. The van der Waals surface area contributed by atoms with E-state index in [4.69, 9.17) is 4.74 Å². The van der Waals surface area contributed by atoms with Crippen LogP contribution >= 0.6 is 11.8 Å². The van der Waals surface area contributed by atoms with Crippen molar-refractivity contribution in [3.8, 4) is 0 Å². The van der Waals surface area contributed by atoms with Gasteiger partial charge < -0.3 is 4.74 Å². The Morgan fingerprint density at radius 1 is 1.22 bits per heavy atom. The van der Waals surface area contributed by atoms with Gasteiger partial charge in [-0.3, -0.25) is 9.59 Å². The van der Waals surface area contributed by atoms with E-state index in [2.05, 4.69) is 0 Å². The fourth-order valence-corrected chi connectivity index (χ4v) is 3.73. The fraction of sp³-hybridized carbons (Fsp3) is 0.263. The molecule has 0 bridgehead atoms. The SMILES string of the molecule is CCOC(=O)C(C)c1ccc2c(c1)C(=O)c1ccccc1CS2. The van der Waals surface area contributed by atoms with E-state index in [-0.39, 0.29) is 17.7 Å². The number of ether oxygens (including phenoxy) is 1. The highest BCUT2D eigenvalue weighted by atomic mass is 32.2. The molecule has 23 heavy (non-hydrogen) atoms. The van der Waals surface area contributed by atoms with Crippen LogP contribution in [0.3, 0.4) is 0 Å². The van der Waals surface area contributed by atoms with Crippen LogP contribution in [0.1, 0.15) is 46.8 Å². The van der Waals surface area contributed by atoms with Crippen molar-refractivity contribution in [2.75, 3.05) is 6.61 Å². The van der Waals surface area contributed by atoms with Gasteiger partial charge in [-0.2, -0.15) is 0 Å². The molecule has 0 aromatic heterocycles. The van der Waals surface area contributed by atoms with Crippen molar-refractivity contribution in [3.05, 3.63) is 64.7 Å². The highest BCUT2D eigenvalue weighted by molar-refractivity contribution is 7.98. The van der Waals surface area contributed by atoms with Crippen molar-refractivity contribution in [3.63, 3.8) is 0 Å². The first-order chi connectivity index (χ1) is 11.1. The van der Waals surface area contributed by atoms with Gasteiger partial charge in [-0.1, -0.05) is 30.3 Å². The van der Waals surface area contributed by atoms with E-state index in [0.29, 0.717) is 12.2 Å². The lowest BCUT2D eigenvalue weighted by Gasteiger charge is -2.13. The molecule has 4 heteroatoms. The third-order valence-corrected chi connectivity index (χ3v) is 5.16. The van der Waals surface area contributed by atoms with E-state index in [1.165, 1.54) is 0 Å². The summed E-state index contributed by atoms with van der Waals surface area (Å²) in [6.07, 6.45) is 0. The molecular weight excluding hydrogens is 308 g/mol. The van der Waals surface area contributed by atoms with Crippen molar-refractivity contribution < 1.29 is 14.3 Å². The molecule has 1 heterocycles. The highest BCUT2D eigenvalue weighted by Crippen LogP contribution is 2.35.